The summed E-state index contributed by atoms with van der Waals surface area (Å²) in [4.78, 5) is 14.6. The second kappa shape index (κ2) is 6.13. The first kappa shape index (κ1) is 15.0. The van der Waals surface area contributed by atoms with E-state index >= 15 is 0 Å². The number of amides is 2. The lowest BCUT2D eigenvalue weighted by Crippen LogP contribution is -2.44. The van der Waals surface area contributed by atoms with Crippen LogP contribution in [0.3, 0.4) is 0 Å². The van der Waals surface area contributed by atoms with Crippen molar-refractivity contribution in [3.8, 4) is 0 Å². The molecule has 2 saturated carbocycles. The van der Waals surface area contributed by atoms with Gasteiger partial charge in [-0.2, -0.15) is 0 Å². The lowest BCUT2D eigenvalue weighted by molar-refractivity contribution is 0.189. The maximum Gasteiger partial charge on any atom is 0.317 e. The van der Waals surface area contributed by atoms with Crippen LogP contribution in [-0.2, 0) is 13.0 Å². The molecule has 2 fully saturated rings. The number of nitrogens with zero attached hydrogens (tertiary/aromatic N) is 4. The van der Waals surface area contributed by atoms with E-state index in [1.807, 2.05) is 6.92 Å². The molecule has 23 heavy (non-hydrogen) atoms. The molecule has 1 aliphatic heterocycles. The molecule has 2 heterocycles. The first-order valence-corrected chi connectivity index (χ1v) is 9.10. The fraction of sp³-hybridized carbons (Fsp3) is 0.824. The highest BCUT2D eigenvalue weighted by atomic mass is 16.2. The number of aryl methyl sites for hydroxylation is 2. The molecule has 3 aliphatic rings. The minimum atomic E-state index is 0.148. The molecule has 0 aromatic carbocycles. The van der Waals surface area contributed by atoms with Crippen LogP contribution < -0.4 is 5.32 Å². The van der Waals surface area contributed by atoms with Crippen LogP contribution in [-0.4, -0.2) is 45.3 Å². The Labute approximate surface area is 137 Å². The lowest BCUT2D eigenvalue weighted by atomic mass is 9.99. The van der Waals surface area contributed by atoms with E-state index in [-0.39, 0.29) is 6.03 Å². The second-order valence-corrected chi connectivity index (χ2v) is 7.66. The highest BCUT2D eigenvalue weighted by Gasteiger charge is 2.32. The fourth-order valence-corrected chi connectivity index (χ4v) is 3.50. The number of fused-ring (bicyclic) bond motifs is 1. The molecule has 1 aromatic rings. The topological polar surface area (TPSA) is 63.1 Å². The maximum atomic E-state index is 12.6. The minimum absolute atomic E-state index is 0.148. The molecule has 6 nitrogen and oxygen atoms in total. The van der Waals surface area contributed by atoms with Gasteiger partial charge < -0.3 is 14.8 Å². The molecule has 6 heteroatoms. The quantitative estimate of drug-likeness (QED) is 0.872. The summed E-state index contributed by atoms with van der Waals surface area (Å²) in [5.74, 6) is 4.09. The fourth-order valence-electron chi connectivity index (χ4n) is 3.50. The maximum absolute atomic E-state index is 12.6. The molecule has 1 aromatic heterocycles. The third-order valence-corrected chi connectivity index (χ3v) is 5.41. The Morgan fingerprint density at radius 1 is 1.13 bits per heavy atom. The molecule has 126 valence electrons. The molecule has 0 spiro atoms. The van der Waals surface area contributed by atoms with Crippen LogP contribution in [0.25, 0.3) is 0 Å². The van der Waals surface area contributed by atoms with Gasteiger partial charge in [-0.3, -0.25) is 0 Å². The third-order valence-electron chi connectivity index (χ3n) is 5.41. The average molecular weight is 317 g/mol. The van der Waals surface area contributed by atoms with Gasteiger partial charge in [0.25, 0.3) is 0 Å². The zero-order valence-corrected chi connectivity index (χ0v) is 14.0. The van der Waals surface area contributed by atoms with Crippen LogP contribution in [0.1, 0.15) is 43.8 Å². The summed E-state index contributed by atoms with van der Waals surface area (Å²) in [5.41, 5.74) is 0. The van der Waals surface area contributed by atoms with E-state index in [0.717, 1.165) is 62.5 Å². The molecule has 2 aliphatic carbocycles. The number of carbonyl (C=O) groups excluding carboxylic acids is 1. The van der Waals surface area contributed by atoms with E-state index in [4.69, 9.17) is 0 Å². The lowest BCUT2D eigenvalue weighted by Gasteiger charge is -2.27. The highest BCUT2D eigenvalue weighted by molar-refractivity contribution is 5.74. The third kappa shape index (κ3) is 3.67. The highest BCUT2D eigenvalue weighted by Crippen LogP contribution is 2.33. The Kier molecular flexibility index (Phi) is 3.99. The summed E-state index contributed by atoms with van der Waals surface area (Å²) >= 11 is 0. The molecular weight excluding hydrogens is 290 g/mol. The van der Waals surface area contributed by atoms with Crippen molar-refractivity contribution in [3.05, 3.63) is 11.6 Å². The summed E-state index contributed by atoms with van der Waals surface area (Å²) in [6, 6.07) is 0.148. The van der Waals surface area contributed by atoms with Crippen molar-refractivity contribution in [2.75, 3.05) is 19.6 Å². The summed E-state index contributed by atoms with van der Waals surface area (Å²) < 4.78 is 2.20. The van der Waals surface area contributed by atoms with Gasteiger partial charge in [-0.15, -0.1) is 10.2 Å². The van der Waals surface area contributed by atoms with Crippen LogP contribution in [0, 0.1) is 24.7 Å². The number of nitrogens with one attached hydrogen (secondary N) is 1. The summed E-state index contributed by atoms with van der Waals surface area (Å²) in [6.07, 6.45) is 7.25. The Morgan fingerprint density at radius 2 is 1.83 bits per heavy atom. The SMILES string of the molecule is Cc1nnc2n1CC(CNC(=O)N(CC1CC1)CC1CC1)CC2. The van der Waals surface area contributed by atoms with E-state index in [0.29, 0.717) is 5.92 Å². The first-order valence-electron chi connectivity index (χ1n) is 9.10. The van der Waals surface area contributed by atoms with Gasteiger partial charge in [0, 0.05) is 32.6 Å². The minimum Gasteiger partial charge on any atom is -0.338 e. The first-order chi connectivity index (χ1) is 11.2. The van der Waals surface area contributed by atoms with E-state index in [1.54, 1.807) is 0 Å². The summed E-state index contributed by atoms with van der Waals surface area (Å²) in [7, 11) is 0. The molecule has 0 bridgehead atoms. The second-order valence-electron chi connectivity index (χ2n) is 7.66. The van der Waals surface area contributed by atoms with Crippen LogP contribution >= 0.6 is 0 Å². The van der Waals surface area contributed by atoms with Gasteiger partial charge in [-0.25, -0.2) is 4.79 Å². The number of urea groups is 1. The smallest absolute Gasteiger partial charge is 0.317 e. The van der Waals surface area contributed by atoms with Gasteiger partial charge in [0.1, 0.15) is 11.6 Å². The van der Waals surface area contributed by atoms with Crippen molar-refractivity contribution in [3.63, 3.8) is 0 Å². The molecule has 0 radical (unpaired) electrons. The van der Waals surface area contributed by atoms with Crippen molar-refractivity contribution >= 4 is 6.03 Å². The molecule has 0 saturated heterocycles. The number of hydrogen-bond acceptors (Lipinski definition) is 3. The van der Waals surface area contributed by atoms with Gasteiger partial charge >= 0.3 is 6.03 Å². The Morgan fingerprint density at radius 3 is 2.48 bits per heavy atom. The number of aromatic nitrogens is 3. The van der Waals surface area contributed by atoms with Gasteiger partial charge in [0.15, 0.2) is 0 Å². The van der Waals surface area contributed by atoms with Crippen molar-refractivity contribution in [1.82, 2.24) is 25.0 Å². The standard InChI is InChI=1S/C17H27N5O/c1-12-19-20-16-7-6-15(11-22(12)16)8-18-17(23)21(9-13-2-3-13)10-14-4-5-14/h13-15H,2-11H2,1H3,(H,18,23). The Bertz CT molecular complexity index is 562. The molecule has 2 amide bonds. The average Bonchev–Trinajstić information content (AvgIpc) is 3.47. The summed E-state index contributed by atoms with van der Waals surface area (Å²) in [6.45, 7) is 5.62. The number of carbonyl (C=O) groups is 1. The molecular formula is C17H27N5O. The predicted octanol–water partition coefficient (Wildman–Crippen LogP) is 1.98. The molecule has 1 N–H and O–H groups in total. The van der Waals surface area contributed by atoms with E-state index in [1.165, 1.54) is 25.7 Å². The van der Waals surface area contributed by atoms with Crippen LogP contribution in [0.2, 0.25) is 0 Å². The van der Waals surface area contributed by atoms with Crippen molar-refractivity contribution < 1.29 is 4.79 Å². The monoisotopic (exact) mass is 317 g/mol. The Balaban J connectivity index is 1.29. The van der Waals surface area contributed by atoms with Crippen LogP contribution in [0.15, 0.2) is 0 Å². The summed E-state index contributed by atoms with van der Waals surface area (Å²) in [5, 5.41) is 11.6. The van der Waals surface area contributed by atoms with Crippen LogP contribution in [0.5, 0.6) is 0 Å². The van der Waals surface area contributed by atoms with Gasteiger partial charge in [-0.05, 0) is 56.8 Å². The van der Waals surface area contributed by atoms with E-state index in [9.17, 15) is 4.79 Å². The van der Waals surface area contributed by atoms with E-state index in [2.05, 4.69) is 25.0 Å². The Hall–Kier alpha value is -1.59. The van der Waals surface area contributed by atoms with Gasteiger partial charge in [0.05, 0.1) is 0 Å². The van der Waals surface area contributed by atoms with Gasteiger partial charge in [0.2, 0.25) is 0 Å². The van der Waals surface area contributed by atoms with Crippen LogP contribution in [0.4, 0.5) is 4.79 Å². The van der Waals surface area contributed by atoms with Crippen molar-refractivity contribution in [2.45, 2.75) is 52.0 Å². The number of rotatable bonds is 6. The number of hydrogen-bond donors (Lipinski definition) is 1. The van der Waals surface area contributed by atoms with Crippen molar-refractivity contribution in [1.29, 1.82) is 0 Å². The molecule has 1 atom stereocenters. The predicted molar refractivity (Wildman–Crippen MR) is 87.0 cm³/mol. The molecule has 1 unspecified atom stereocenters. The van der Waals surface area contributed by atoms with Crippen molar-refractivity contribution in [2.24, 2.45) is 17.8 Å². The largest absolute Gasteiger partial charge is 0.338 e. The zero-order valence-electron chi connectivity index (χ0n) is 14.0. The van der Waals surface area contributed by atoms with Gasteiger partial charge in [-0.1, -0.05) is 0 Å². The normalized spacial score (nSPS) is 23.4. The zero-order chi connectivity index (χ0) is 15.8. The molecule has 4 rings (SSSR count). The van der Waals surface area contributed by atoms with E-state index < -0.39 is 0 Å².